The van der Waals surface area contributed by atoms with Crippen molar-refractivity contribution in [3.63, 3.8) is 0 Å². The van der Waals surface area contributed by atoms with E-state index in [0.29, 0.717) is 10.7 Å². The van der Waals surface area contributed by atoms with Crippen LogP contribution in [0.4, 0.5) is 13.2 Å². The summed E-state index contributed by atoms with van der Waals surface area (Å²) < 4.78 is 38.5. The van der Waals surface area contributed by atoms with Crippen LogP contribution >= 0.6 is 22.7 Å². The molecule has 2 nitrogen and oxygen atoms in total. The van der Waals surface area contributed by atoms with Gasteiger partial charge in [-0.25, -0.2) is 4.98 Å². The third-order valence-electron chi connectivity index (χ3n) is 3.16. The first-order valence-corrected chi connectivity index (χ1v) is 7.29. The number of rotatable bonds is 2. The van der Waals surface area contributed by atoms with Crippen LogP contribution in [0, 0.1) is 11.3 Å². The fraction of sp³-hybridized carbons (Fsp3) is 0.333. The maximum atomic E-state index is 12.8. The Hall–Kier alpha value is -1.39. The largest absolute Gasteiger partial charge is 0.417 e. The Morgan fingerprint density at radius 2 is 2.00 bits per heavy atom. The van der Waals surface area contributed by atoms with Crippen LogP contribution in [0.2, 0.25) is 0 Å². The van der Waals surface area contributed by atoms with Gasteiger partial charge < -0.3 is 0 Å². The van der Waals surface area contributed by atoms with E-state index in [4.69, 9.17) is 5.26 Å². The summed E-state index contributed by atoms with van der Waals surface area (Å²) in [7, 11) is 0. The van der Waals surface area contributed by atoms with Crippen LogP contribution in [-0.2, 0) is 11.6 Å². The highest BCUT2D eigenvalue weighted by molar-refractivity contribution is 7.14. The van der Waals surface area contributed by atoms with Gasteiger partial charge in [0.1, 0.15) is 10.4 Å². The van der Waals surface area contributed by atoms with E-state index in [2.05, 4.69) is 11.1 Å². The predicted octanol–water partition coefficient (Wildman–Crippen LogP) is 4.45. The van der Waals surface area contributed by atoms with Crippen molar-refractivity contribution < 1.29 is 13.2 Å². The first-order valence-electron chi connectivity index (χ1n) is 5.47. The lowest BCUT2D eigenvalue weighted by Crippen LogP contribution is -2.05. The second kappa shape index (κ2) is 4.05. The molecule has 1 aliphatic rings. The van der Waals surface area contributed by atoms with Crippen molar-refractivity contribution in [2.45, 2.75) is 24.4 Å². The summed E-state index contributed by atoms with van der Waals surface area (Å²) >= 11 is 2.17. The third-order valence-corrected chi connectivity index (χ3v) is 4.78. The summed E-state index contributed by atoms with van der Waals surface area (Å²) in [4.78, 5) is 4.23. The minimum atomic E-state index is -4.37. The molecule has 98 valence electrons. The number of nitrogens with zero attached hydrogens (tertiary/aromatic N) is 2. The molecule has 0 aromatic carbocycles. The first-order chi connectivity index (χ1) is 8.96. The summed E-state index contributed by atoms with van der Waals surface area (Å²) in [6.07, 6.45) is -2.89. The van der Waals surface area contributed by atoms with Gasteiger partial charge in [0, 0.05) is 21.7 Å². The summed E-state index contributed by atoms with van der Waals surface area (Å²) in [6.45, 7) is 0. The van der Waals surface area contributed by atoms with Gasteiger partial charge in [0.05, 0.1) is 17.3 Å². The summed E-state index contributed by atoms with van der Waals surface area (Å²) in [5, 5.41) is 13.7. The minimum Gasteiger partial charge on any atom is -0.239 e. The average Bonchev–Trinajstić information content (AvgIpc) is 2.81. The molecule has 0 atom stereocenters. The standard InChI is InChI=1S/C12H7F3N2S2/c13-12(14,15)8-4-18-3-7(8)10-17-9(5-19-10)11(6-16)1-2-11/h3-5H,1-2H2. The highest BCUT2D eigenvalue weighted by Gasteiger charge is 2.47. The van der Waals surface area contributed by atoms with Gasteiger partial charge in [0.15, 0.2) is 0 Å². The molecule has 1 fully saturated rings. The number of nitriles is 1. The molecule has 2 aromatic rings. The second-order valence-electron chi connectivity index (χ2n) is 4.43. The van der Waals surface area contributed by atoms with Crippen LogP contribution in [-0.4, -0.2) is 4.98 Å². The number of thiophene rings is 1. The van der Waals surface area contributed by atoms with E-state index >= 15 is 0 Å². The van der Waals surface area contributed by atoms with Gasteiger partial charge in [-0.3, -0.25) is 0 Å². The summed E-state index contributed by atoms with van der Waals surface area (Å²) in [5.41, 5.74) is -0.486. The van der Waals surface area contributed by atoms with Crippen molar-refractivity contribution in [1.82, 2.24) is 4.98 Å². The van der Waals surface area contributed by atoms with Crippen molar-refractivity contribution in [1.29, 1.82) is 5.26 Å². The minimum absolute atomic E-state index is 0.113. The molecule has 0 saturated heterocycles. The van der Waals surface area contributed by atoms with Gasteiger partial charge in [-0.2, -0.15) is 29.8 Å². The molecule has 7 heteroatoms. The molecule has 0 N–H and O–H groups in total. The van der Waals surface area contributed by atoms with E-state index in [-0.39, 0.29) is 5.56 Å². The zero-order valence-corrected chi connectivity index (χ0v) is 11.1. The van der Waals surface area contributed by atoms with Crippen LogP contribution in [0.25, 0.3) is 10.6 Å². The predicted molar refractivity (Wildman–Crippen MR) is 67.0 cm³/mol. The lowest BCUT2D eigenvalue weighted by Gasteiger charge is -2.05. The number of thiazole rings is 1. The van der Waals surface area contributed by atoms with E-state index < -0.39 is 17.2 Å². The second-order valence-corrected chi connectivity index (χ2v) is 6.03. The smallest absolute Gasteiger partial charge is 0.239 e. The van der Waals surface area contributed by atoms with E-state index in [1.165, 1.54) is 5.38 Å². The van der Waals surface area contributed by atoms with Gasteiger partial charge >= 0.3 is 6.18 Å². The number of hydrogen-bond acceptors (Lipinski definition) is 4. The molecule has 0 spiro atoms. The molecular formula is C12H7F3N2S2. The number of halogens is 3. The summed E-state index contributed by atoms with van der Waals surface area (Å²) in [6, 6.07) is 2.20. The molecule has 0 aliphatic heterocycles. The molecular weight excluding hydrogens is 293 g/mol. The van der Waals surface area contributed by atoms with E-state index in [1.54, 1.807) is 5.38 Å². The molecule has 0 amide bonds. The van der Waals surface area contributed by atoms with Crippen LogP contribution < -0.4 is 0 Å². The van der Waals surface area contributed by atoms with Gasteiger partial charge in [-0.1, -0.05) is 0 Å². The Bertz CT molecular complexity index is 659. The van der Waals surface area contributed by atoms with Crippen molar-refractivity contribution >= 4 is 22.7 Å². The Balaban J connectivity index is 2.01. The quantitative estimate of drug-likeness (QED) is 0.821. The molecule has 2 aromatic heterocycles. The van der Waals surface area contributed by atoms with E-state index in [0.717, 1.165) is 40.9 Å². The summed E-state index contributed by atoms with van der Waals surface area (Å²) in [5.74, 6) is 0. The van der Waals surface area contributed by atoms with E-state index in [1.807, 2.05) is 0 Å². The maximum Gasteiger partial charge on any atom is 0.417 e. The van der Waals surface area contributed by atoms with Gasteiger partial charge in [-0.05, 0) is 12.8 Å². The monoisotopic (exact) mass is 300 g/mol. The number of alkyl halides is 3. The van der Waals surface area contributed by atoms with Crippen LogP contribution in [0.3, 0.4) is 0 Å². The Morgan fingerprint density at radius 3 is 2.58 bits per heavy atom. The molecule has 2 heterocycles. The Labute approximate surface area is 115 Å². The molecule has 19 heavy (non-hydrogen) atoms. The number of aromatic nitrogens is 1. The van der Waals surface area contributed by atoms with Crippen molar-refractivity contribution in [3.05, 3.63) is 27.4 Å². The van der Waals surface area contributed by atoms with Crippen LogP contribution in [0.5, 0.6) is 0 Å². The lowest BCUT2D eigenvalue weighted by molar-refractivity contribution is -0.136. The van der Waals surface area contributed by atoms with Gasteiger partial charge in [0.2, 0.25) is 0 Å². The highest BCUT2D eigenvalue weighted by atomic mass is 32.1. The normalized spacial score (nSPS) is 17.2. The topological polar surface area (TPSA) is 36.7 Å². The van der Waals surface area contributed by atoms with E-state index in [9.17, 15) is 13.2 Å². The Morgan fingerprint density at radius 1 is 1.26 bits per heavy atom. The highest BCUT2D eigenvalue weighted by Crippen LogP contribution is 2.49. The molecule has 0 radical (unpaired) electrons. The van der Waals surface area contributed by atoms with Crippen molar-refractivity contribution in [2.75, 3.05) is 0 Å². The fourth-order valence-corrected chi connectivity index (χ4v) is 3.71. The molecule has 3 rings (SSSR count). The van der Waals surface area contributed by atoms with Crippen molar-refractivity contribution in [3.8, 4) is 16.6 Å². The first kappa shape index (κ1) is 12.6. The van der Waals surface area contributed by atoms with Gasteiger partial charge in [0.25, 0.3) is 0 Å². The zero-order chi connectivity index (χ0) is 13.7. The SMILES string of the molecule is N#CC1(c2csc(-c3cscc3C(F)(F)F)n2)CC1. The third kappa shape index (κ3) is 2.05. The Kier molecular flexibility index (Phi) is 2.69. The molecule has 0 unspecified atom stereocenters. The van der Waals surface area contributed by atoms with Crippen molar-refractivity contribution in [2.24, 2.45) is 0 Å². The van der Waals surface area contributed by atoms with Gasteiger partial charge in [-0.15, -0.1) is 11.3 Å². The lowest BCUT2D eigenvalue weighted by atomic mass is 10.1. The fourth-order valence-electron chi connectivity index (χ4n) is 1.85. The molecule has 1 saturated carbocycles. The van der Waals surface area contributed by atoms with Crippen LogP contribution in [0.15, 0.2) is 16.1 Å². The molecule has 1 aliphatic carbocycles. The number of hydrogen-bond donors (Lipinski definition) is 0. The average molecular weight is 300 g/mol. The van der Waals surface area contributed by atoms with Crippen LogP contribution in [0.1, 0.15) is 24.1 Å². The molecule has 0 bridgehead atoms. The zero-order valence-electron chi connectivity index (χ0n) is 9.49. The maximum absolute atomic E-state index is 12.8.